The Bertz CT molecular complexity index is 661. The highest BCUT2D eigenvalue weighted by Crippen LogP contribution is 2.34. The van der Waals surface area contributed by atoms with Crippen LogP contribution in [0.4, 0.5) is 0 Å². The van der Waals surface area contributed by atoms with E-state index in [2.05, 4.69) is 9.97 Å². The van der Waals surface area contributed by atoms with E-state index in [1.807, 2.05) is 6.07 Å². The van der Waals surface area contributed by atoms with Crippen LogP contribution < -0.4 is 0 Å². The summed E-state index contributed by atoms with van der Waals surface area (Å²) < 4.78 is 5.60. The van der Waals surface area contributed by atoms with Crippen LogP contribution in [0.25, 0.3) is 22.6 Å². The first kappa shape index (κ1) is 10.6. The van der Waals surface area contributed by atoms with Gasteiger partial charge in [-0.3, -0.25) is 4.98 Å². The fourth-order valence-electron chi connectivity index (χ4n) is 1.56. The van der Waals surface area contributed by atoms with Crippen LogP contribution in [0.5, 0.6) is 0 Å². The van der Waals surface area contributed by atoms with Crippen LogP contribution in [-0.4, -0.2) is 9.97 Å². The lowest BCUT2D eigenvalue weighted by Crippen LogP contribution is -1.79. The van der Waals surface area contributed by atoms with Crippen molar-refractivity contribution in [2.45, 2.75) is 0 Å². The zero-order chi connectivity index (χ0) is 11.8. The van der Waals surface area contributed by atoms with E-state index in [-0.39, 0.29) is 0 Å². The maximum atomic E-state index is 6.11. The predicted octanol–water partition coefficient (Wildman–Crippen LogP) is 4.20. The van der Waals surface area contributed by atoms with E-state index in [0.717, 1.165) is 0 Å². The minimum Gasteiger partial charge on any atom is -0.436 e. The zero-order valence-electron chi connectivity index (χ0n) is 8.52. The maximum Gasteiger partial charge on any atom is 0.228 e. The molecule has 0 spiro atoms. The first-order valence-electron chi connectivity index (χ1n) is 4.90. The van der Waals surface area contributed by atoms with Crippen molar-refractivity contribution in [2.24, 2.45) is 0 Å². The summed E-state index contributed by atoms with van der Waals surface area (Å²) in [4.78, 5) is 8.29. The largest absolute Gasteiger partial charge is 0.436 e. The van der Waals surface area contributed by atoms with Crippen molar-refractivity contribution < 1.29 is 4.42 Å². The number of pyridine rings is 1. The molecule has 3 rings (SSSR count). The van der Waals surface area contributed by atoms with Gasteiger partial charge in [-0.1, -0.05) is 29.3 Å². The van der Waals surface area contributed by atoms with Crippen LogP contribution in [0.15, 0.2) is 41.1 Å². The second kappa shape index (κ2) is 4.02. The number of aromatic nitrogens is 2. The molecule has 0 radical (unpaired) electrons. The summed E-state index contributed by atoms with van der Waals surface area (Å²) in [6.07, 6.45) is 3.29. The number of nitrogens with zero attached hydrogens (tertiary/aromatic N) is 2. The molecule has 0 saturated carbocycles. The van der Waals surface area contributed by atoms with Crippen LogP contribution in [0, 0.1) is 0 Å². The van der Waals surface area contributed by atoms with Gasteiger partial charge in [0.2, 0.25) is 5.89 Å². The summed E-state index contributed by atoms with van der Waals surface area (Å²) in [6.45, 7) is 0. The Hall–Kier alpha value is -1.58. The van der Waals surface area contributed by atoms with Crippen molar-refractivity contribution in [3.05, 3.63) is 46.7 Å². The maximum absolute atomic E-state index is 6.11. The van der Waals surface area contributed by atoms with Crippen LogP contribution >= 0.6 is 23.2 Å². The highest BCUT2D eigenvalue weighted by atomic mass is 35.5. The molecule has 0 N–H and O–H groups in total. The number of benzene rings is 1. The van der Waals surface area contributed by atoms with Crippen molar-refractivity contribution >= 4 is 34.3 Å². The highest BCUT2D eigenvalue weighted by Gasteiger charge is 2.13. The minimum atomic E-state index is 0.439. The molecule has 17 heavy (non-hydrogen) atoms. The molecule has 3 aromatic rings. The zero-order valence-corrected chi connectivity index (χ0v) is 10.0. The van der Waals surface area contributed by atoms with Crippen molar-refractivity contribution in [2.75, 3.05) is 0 Å². The minimum absolute atomic E-state index is 0.439. The van der Waals surface area contributed by atoms with Gasteiger partial charge in [-0.05, 0) is 12.1 Å². The number of hydrogen-bond acceptors (Lipinski definition) is 3. The van der Waals surface area contributed by atoms with E-state index in [4.69, 9.17) is 27.6 Å². The van der Waals surface area contributed by atoms with E-state index in [1.54, 1.807) is 30.6 Å². The molecule has 0 aliphatic carbocycles. The van der Waals surface area contributed by atoms with E-state index in [0.29, 0.717) is 32.6 Å². The molecule has 0 bridgehead atoms. The molecular formula is C12H6Cl2N2O. The topological polar surface area (TPSA) is 38.9 Å². The van der Waals surface area contributed by atoms with Gasteiger partial charge in [-0.15, -0.1) is 0 Å². The monoisotopic (exact) mass is 264 g/mol. The standard InChI is InChI=1S/C12H6Cl2N2O/c13-8-3-1-2-7(11(8)14)12-16-9-6-15-5-4-10(9)17-12/h1-6H. The molecule has 2 aromatic heterocycles. The van der Waals surface area contributed by atoms with Gasteiger partial charge >= 0.3 is 0 Å². The summed E-state index contributed by atoms with van der Waals surface area (Å²) in [5.41, 5.74) is 2.04. The Morgan fingerprint density at radius 3 is 2.82 bits per heavy atom. The van der Waals surface area contributed by atoms with E-state index >= 15 is 0 Å². The van der Waals surface area contributed by atoms with Crippen molar-refractivity contribution in [3.63, 3.8) is 0 Å². The lowest BCUT2D eigenvalue weighted by atomic mass is 10.2. The van der Waals surface area contributed by atoms with Crippen molar-refractivity contribution in [1.82, 2.24) is 9.97 Å². The fourth-order valence-corrected chi connectivity index (χ4v) is 1.95. The van der Waals surface area contributed by atoms with Crippen LogP contribution in [-0.2, 0) is 0 Å². The molecular weight excluding hydrogens is 259 g/mol. The first-order chi connectivity index (χ1) is 8.25. The number of oxazole rings is 1. The molecule has 0 unspecified atom stereocenters. The Labute approximate surface area is 107 Å². The van der Waals surface area contributed by atoms with Crippen LogP contribution in [0.2, 0.25) is 10.0 Å². The molecule has 0 aliphatic heterocycles. The van der Waals surface area contributed by atoms with Crippen molar-refractivity contribution in [3.8, 4) is 11.5 Å². The van der Waals surface area contributed by atoms with Gasteiger partial charge in [0.15, 0.2) is 5.58 Å². The molecule has 0 atom stereocenters. The molecule has 2 heterocycles. The number of hydrogen-bond donors (Lipinski definition) is 0. The lowest BCUT2D eigenvalue weighted by molar-refractivity contribution is 0.619. The Morgan fingerprint density at radius 2 is 2.00 bits per heavy atom. The average Bonchev–Trinajstić information content (AvgIpc) is 2.76. The third-order valence-electron chi connectivity index (χ3n) is 2.37. The predicted molar refractivity (Wildman–Crippen MR) is 67.3 cm³/mol. The summed E-state index contributed by atoms with van der Waals surface area (Å²) in [5.74, 6) is 0.445. The summed E-state index contributed by atoms with van der Waals surface area (Å²) in [5, 5.41) is 0.915. The fraction of sp³-hybridized carbons (Fsp3) is 0. The molecule has 1 aromatic carbocycles. The van der Waals surface area contributed by atoms with Gasteiger partial charge in [0, 0.05) is 12.3 Å². The Kier molecular flexibility index (Phi) is 2.50. The van der Waals surface area contributed by atoms with Crippen LogP contribution in [0.1, 0.15) is 0 Å². The second-order valence-electron chi connectivity index (χ2n) is 3.46. The second-order valence-corrected chi connectivity index (χ2v) is 4.25. The SMILES string of the molecule is Clc1cccc(-c2nc3cnccc3o2)c1Cl. The number of fused-ring (bicyclic) bond motifs is 1. The van der Waals surface area contributed by atoms with Gasteiger partial charge in [0.05, 0.1) is 21.8 Å². The van der Waals surface area contributed by atoms with E-state index < -0.39 is 0 Å². The normalized spacial score (nSPS) is 10.9. The molecule has 0 amide bonds. The third-order valence-corrected chi connectivity index (χ3v) is 3.19. The summed E-state index contributed by atoms with van der Waals surface area (Å²) in [7, 11) is 0. The third kappa shape index (κ3) is 1.77. The number of halogens is 2. The Balaban J connectivity index is 2.24. The molecule has 3 nitrogen and oxygen atoms in total. The highest BCUT2D eigenvalue weighted by molar-refractivity contribution is 6.43. The quantitative estimate of drug-likeness (QED) is 0.662. The smallest absolute Gasteiger partial charge is 0.228 e. The molecule has 0 fully saturated rings. The van der Waals surface area contributed by atoms with Crippen molar-refractivity contribution in [1.29, 1.82) is 0 Å². The van der Waals surface area contributed by atoms with Gasteiger partial charge in [-0.25, -0.2) is 4.98 Å². The molecule has 84 valence electrons. The lowest BCUT2D eigenvalue weighted by Gasteiger charge is -2.00. The molecule has 0 aliphatic rings. The summed E-state index contributed by atoms with van der Waals surface area (Å²) >= 11 is 12.1. The Morgan fingerprint density at radius 1 is 1.12 bits per heavy atom. The van der Waals surface area contributed by atoms with E-state index in [9.17, 15) is 0 Å². The average molecular weight is 265 g/mol. The molecule has 5 heteroatoms. The molecule has 0 saturated heterocycles. The van der Waals surface area contributed by atoms with Gasteiger partial charge < -0.3 is 4.42 Å². The first-order valence-corrected chi connectivity index (χ1v) is 5.66. The number of rotatable bonds is 1. The summed E-state index contributed by atoms with van der Waals surface area (Å²) in [6, 6.07) is 7.09. The van der Waals surface area contributed by atoms with Gasteiger partial charge in [0.1, 0.15) is 5.52 Å². The van der Waals surface area contributed by atoms with Gasteiger partial charge in [-0.2, -0.15) is 0 Å². The van der Waals surface area contributed by atoms with E-state index in [1.165, 1.54) is 0 Å². The van der Waals surface area contributed by atoms with Crippen LogP contribution in [0.3, 0.4) is 0 Å². The van der Waals surface area contributed by atoms with Gasteiger partial charge in [0.25, 0.3) is 0 Å².